The zero-order valence-electron chi connectivity index (χ0n) is 10.9. The van der Waals surface area contributed by atoms with Crippen molar-refractivity contribution in [2.75, 3.05) is 17.7 Å². The number of halogens is 3. The molecule has 2 rings (SSSR count). The Labute approximate surface area is 114 Å². The Kier molecular flexibility index (Phi) is 3.78. The summed E-state index contributed by atoms with van der Waals surface area (Å²) < 4.78 is 38.5. The van der Waals surface area contributed by atoms with Crippen LogP contribution in [0.2, 0.25) is 0 Å². The van der Waals surface area contributed by atoms with Gasteiger partial charge in [0.05, 0.1) is 5.56 Å². The van der Waals surface area contributed by atoms with Crippen molar-refractivity contribution in [1.82, 2.24) is 9.97 Å². The number of rotatable bonds is 3. The SMILES string of the molecule is CNc1cc(Nc2ccc(C)c(C(F)(F)F)c2)ncn1. The van der Waals surface area contributed by atoms with E-state index in [1.165, 1.54) is 19.3 Å². The topological polar surface area (TPSA) is 49.8 Å². The summed E-state index contributed by atoms with van der Waals surface area (Å²) in [5.74, 6) is 0.993. The molecule has 0 aliphatic heterocycles. The van der Waals surface area contributed by atoms with Crippen LogP contribution >= 0.6 is 0 Å². The van der Waals surface area contributed by atoms with Crippen LogP contribution < -0.4 is 10.6 Å². The highest BCUT2D eigenvalue weighted by Crippen LogP contribution is 2.33. The molecule has 0 saturated carbocycles. The first-order valence-corrected chi connectivity index (χ1v) is 5.85. The summed E-state index contributed by atoms with van der Waals surface area (Å²) >= 11 is 0. The molecular formula is C13H13F3N4. The zero-order chi connectivity index (χ0) is 14.8. The summed E-state index contributed by atoms with van der Waals surface area (Å²) in [7, 11) is 1.69. The Hall–Kier alpha value is -2.31. The lowest BCUT2D eigenvalue weighted by molar-refractivity contribution is -0.138. The summed E-state index contributed by atoms with van der Waals surface area (Å²) in [4.78, 5) is 7.88. The fourth-order valence-electron chi connectivity index (χ4n) is 1.72. The predicted octanol–water partition coefficient (Wildman–Crippen LogP) is 3.59. The Balaban J connectivity index is 2.30. The number of nitrogens with one attached hydrogen (secondary N) is 2. The van der Waals surface area contributed by atoms with Crippen LogP contribution in [0.3, 0.4) is 0 Å². The van der Waals surface area contributed by atoms with E-state index in [4.69, 9.17) is 0 Å². The third kappa shape index (κ3) is 3.17. The first kappa shape index (κ1) is 14.1. The molecule has 0 unspecified atom stereocenters. The smallest absolute Gasteiger partial charge is 0.373 e. The van der Waals surface area contributed by atoms with Crippen molar-refractivity contribution in [2.45, 2.75) is 13.1 Å². The van der Waals surface area contributed by atoms with Crippen molar-refractivity contribution in [3.63, 3.8) is 0 Å². The van der Waals surface area contributed by atoms with Crippen LogP contribution in [-0.2, 0) is 6.18 Å². The van der Waals surface area contributed by atoms with Crippen LogP contribution in [0.25, 0.3) is 0 Å². The molecule has 0 radical (unpaired) electrons. The molecule has 0 atom stereocenters. The third-order valence-corrected chi connectivity index (χ3v) is 2.74. The molecule has 4 nitrogen and oxygen atoms in total. The van der Waals surface area contributed by atoms with Gasteiger partial charge in [-0.15, -0.1) is 0 Å². The Morgan fingerprint density at radius 1 is 1.05 bits per heavy atom. The molecule has 20 heavy (non-hydrogen) atoms. The van der Waals surface area contributed by atoms with Crippen molar-refractivity contribution in [3.8, 4) is 0 Å². The zero-order valence-corrected chi connectivity index (χ0v) is 10.9. The quantitative estimate of drug-likeness (QED) is 0.903. The van der Waals surface area contributed by atoms with Crippen LogP contribution in [0, 0.1) is 6.92 Å². The molecule has 2 N–H and O–H groups in total. The molecule has 1 aromatic heterocycles. The minimum Gasteiger partial charge on any atom is -0.373 e. The van der Waals surface area contributed by atoms with E-state index in [1.54, 1.807) is 19.2 Å². The summed E-state index contributed by atoms with van der Waals surface area (Å²) in [5.41, 5.74) is -0.157. The fraction of sp³-hybridized carbons (Fsp3) is 0.231. The summed E-state index contributed by atoms with van der Waals surface area (Å²) in [6.07, 6.45) is -3.05. The Morgan fingerprint density at radius 2 is 1.75 bits per heavy atom. The van der Waals surface area contributed by atoms with E-state index in [9.17, 15) is 13.2 Å². The van der Waals surface area contributed by atoms with Gasteiger partial charge in [0.2, 0.25) is 0 Å². The van der Waals surface area contributed by atoms with Gasteiger partial charge in [0.25, 0.3) is 0 Å². The molecule has 2 aromatic rings. The van der Waals surface area contributed by atoms with Gasteiger partial charge in [-0.1, -0.05) is 6.07 Å². The maximum Gasteiger partial charge on any atom is 0.416 e. The maximum absolute atomic E-state index is 12.8. The van der Waals surface area contributed by atoms with Gasteiger partial charge in [-0.05, 0) is 24.6 Å². The largest absolute Gasteiger partial charge is 0.416 e. The second-order valence-corrected chi connectivity index (χ2v) is 4.19. The van der Waals surface area contributed by atoms with E-state index in [0.29, 0.717) is 17.3 Å². The molecule has 0 saturated heterocycles. The van der Waals surface area contributed by atoms with Crippen molar-refractivity contribution in [2.24, 2.45) is 0 Å². The molecule has 1 aromatic carbocycles. The normalized spacial score (nSPS) is 11.2. The predicted molar refractivity (Wildman–Crippen MR) is 71.0 cm³/mol. The van der Waals surface area contributed by atoms with E-state index < -0.39 is 11.7 Å². The lowest BCUT2D eigenvalue weighted by Gasteiger charge is -2.13. The van der Waals surface area contributed by atoms with Crippen LogP contribution in [-0.4, -0.2) is 17.0 Å². The van der Waals surface area contributed by atoms with Crippen LogP contribution in [0.5, 0.6) is 0 Å². The average molecular weight is 282 g/mol. The highest BCUT2D eigenvalue weighted by Gasteiger charge is 2.32. The monoisotopic (exact) mass is 282 g/mol. The molecule has 0 fully saturated rings. The average Bonchev–Trinajstić information content (AvgIpc) is 2.40. The first-order chi connectivity index (χ1) is 9.40. The molecular weight excluding hydrogens is 269 g/mol. The van der Waals surface area contributed by atoms with Gasteiger partial charge in [0.1, 0.15) is 18.0 Å². The summed E-state index contributed by atoms with van der Waals surface area (Å²) in [6.45, 7) is 1.43. The lowest BCUT2D eigenvalue weighted by Crippen LogP contribution is -2.08. The maximum atomic E-state index is 12.8. The third-order valence-electron chi connectivity index (χ3n) is 2.74. The van der Waals surface area contributed by atoms with Gasteiger partial charge in [-0.3, -0.25) is 0 Å². The summed E-state index contributed by atoms with van der Waals surface area (Å²) in [6, 6.07) is 5.67. The molecule has 0 amide bonds. The number of aromatic nitrogens is 2. The van der Waals surface area contributed by atoms with Crippen LogP contribution in [0.1, 0.15) is 11.1 Å². The van der Waals surface area contributed by atoms with E-state index >= 15 is 0 Å². The number of nitrogens with zero attached hydrogens (tertiary/aromatic N) is 2. The molecule has 0 aliphatic rings. The second kappa shape index (κ2) is 5.36. The first-order valence-electron chi connectivity index (χ1n) is 5.85. The van der Waals surface area contributed by atoms with Gasteiger partial charge in [-0.25, -0.2) is 9.97 Å². The van der Waals surface area contributed by atoms with Gasteiger partial charge in [0.15, 0.2) is 0 Å². The molecule has 0 aliphatic carbocycles. The van der Waals surface area contributed by atoms with Crippen molar-refractivity contribution in [1.29, 1.82) is 0 Å². The van der Waals surface area contributed by atoms with Gasteiger partial charge >= 0.3 is 6.18 Å². The van der Waals surface area contributed by atoms with Crippen LogP contribution in [0.15, 0.2) is 30.6 Å². The van der Waals surface area contributed by atoms with E-state index in [-0.39, 0.29) is 5.56 Å². The van der Waals surface area contributed by atoms with Gasteiger partial charge < -0.3 is 10.6 Å². The number of aryl methyl sites for hydroxylation is 1. The number of alkyl halides is 3. The van der Waals surface area contributed by atoms with E-state index in [0.717, 1.165) is 6.07 Å². The Morgan fingerprint density at radius 3 is 2.40 bits per heavy atom. The molecule has 0 bridgehead atoms. The van der Waals surface area contributed by atoms with E-state index in [2.05, 4.69) is 20.6 Å². The number of hydrogen-bond acceptors (Lipinski definition) is 4. The fourth-order valence-corrected chi connectivity index (χ4v) is 1.72. The number of anilines is 3. The molecule has 0 spiro atoms. The Bertz CT molecular complexity index is 611. The standard InChI is InChI=1S/C13H13F3N4/c1-8-3-4-9(5-10(8)13(14,15)16)20-12-6-11(17-2)18-7-19-12/h3-7H,1-2H3,(H2,17,18,19,20). The summed E-state index contributed by atoms with van der Waals surface area (Å²) in [5, 5.41) is 5.65. The highest BCUT2D eigenvalue weighted by molar-refractivity contribution is 5.60. The van der Waals surface area contributed by atoms with Crippen molar-refractivity contribution >= 4 is 17.3 Å². The van der Waals surface area contributed by atoms with E-state index in [1.807, 2.05) is 0 Å². The van der Waals surface area contributed by atoms with Crippen molar-refractivity contribution in [3.05, 3.63) is 41.7 Å². The van der Waals surface area contributed by atoms with Crippen molar-refractivity contribution < 1.29 is 13.2 Å². The van der Waals surface area contributed by atoms with Gasteiger partial charge in [-0.2, -0.15) is 13.2 Å². The second-order valence-electron chi connectivity index (χ2n) is 4.19. The molecule has 1 heterocycles. The minimum atomic E-state index is -4.37. The molecule has 106 valence electrons. The highest BCUT2D eigenvalue weighted by atomic mass is 19.4. The number of hydrogen-bond donors (Lipinski definition) is 2. The lowest BCUT2D eigenvalue weighted by atomic mass is 10.1. The minimum absolute atomic E-state index is 0.182. The van der Waals surface area contributed by atoms with Crippen LogP contribution in [0.4, 0.5) is 30.5 Å². The van der Waals surface area contributed by atoms with Gasteiger partial charge in [0, 0.05) is 18.8 Å². The number of benzene rings is 1. The molecule has 7 heteroatoms.